The molecule has 12 heavy (non-hydrogen) atoms. The Balaban J connectivity index is 2.25. The molecule has 3 aliphatic carbocycles. The van der Waals surface area contributed by atoms with Crippen molar-refractivity contribution in [2.45, 2.75) is 0 Å². The van der Waals surface area contributed by atoms with E-state index in [1.807, 2.05) is 18.2 Å². The van der Waals surface area contributed by atoms with Crippen molar-refractivity contribution < 1.29 is 9.53 Å². The lowest BCUT2D eigenvalue weighted by Crippen LogP contribution is -2.19. The molecule has 0 spiro atoms. The van der Waals surface area contributed by atoms with E-state index in [1.54, 1.807) is 0 Å². The molecule has 3 aliphatic rings. The lowest BCUT2D eigenvalue weighted by molar-refractivity contribution is -0.136. The smallest absolute Gasteiger partial charge is 0.334 e. The molecule has 0 aromatic rings. The van der Waals surface area contributed by atoms with Gasteiger partial charge in [0, 0.05) is 17.4 Å². The summed E-state index contributed by atoms with van der Waals surface area (Å²) >= 11 is 0. The lowest BCUT2D eigenvalue weighted by atomic mass is 9.82. The number of methoxy groups -OCH3 is 1. The zero-order chi connectivity index (χ0) is 8.55. The molecule has 0 amide bonds. The Labute approximate surface area is 71.2 Å². The number of esters is 1. The largest absolute Gasteiger partial charge is 0.466 e. The minimum Gasteiger partial charge on any atom is -0.466 e. The van der Waals surface area contributed by atoms with Gasteiger partial charge in [-0.15, -0.1) is 0 Å². The molecular formula is C10H10O2. The molecule has 0 N–H and O–H groups in total. The number of hydrogen-bond donors (Lipinski definition) is 0. The maximum Gasteiger partial charge on any atom is 0.334 e. The van der Waals surface area contributed by atoms with Gasteiger partial charge in [-0.05, 0) is 0 Å². The second-order valence-electron chi connectivity index (χ2n) is 2.99. The molecule has 62 valence electrons. The third kappa shape index (κ3) is 0.998. The van der Waals surface area contributed by atoms with Crippen LogP contribution in [0.5, 0.6) is 0 Å². The summed E-state index contributed by atoms with van der Waals surface area (Å²) in [5, 5.41) is 0. The summed E-state index contributed by atoms with van der Waals surface area (Å²) in [5.41, 5.74) is 0.771. The summed E-state index contributed by atoms with van der Waals surface area (Å²) in [4.78, 5) is 11.2. The zero-order valence-electron chi connectivity index (χ0n) is 6.86. The first-order valence-corrected chi connectivity index (χ1v) is 3.98. The average Bonchev–Trinajstić information content (AvgIpc) is 2.18. The van der Waals surface area contributed by atoms with Gasteiger partial charge in [0.15, 0.2) is 0 Å². The van der Waals surface area contributed by atoms with Crippen LogP contribution >= 0.6 is 0 Å². The van der Waals surface area contributed by atoms with Gasteiger partial charge < -0.3 is 4.74 Å². The van der Waals surface area contributed by atoms with Crippen LogP contribution in [0.1, 0.15) is 0 Å². The Kier molecular flexibility index (Phi) is 1.61. The van der Waals surface area contributed by atoms with Crippen LogP contribution in [0.15, 0.2) is 36.0 Å². The number of rotatable bonds is 1. The van der Waals surface area contributed by atoms with Crippen LogP contribution < -0.4 is 0 Å². The summed E-state index contributed by atoms with van der Waals surface area (Å²) in [5.74, 6) is 0.227. The maximum absolute atomic E-state index is 11.2. The van der Waals surface area contributed by atoms with E-state index in [1.165, 1.54) is 7.11 Å². The summed E-state index contributed by atoms with van der Waals surface area (Å²) in [7, 11) is 1.42. The normalized spacial score (nSPS) is 30.2. The average molecular weight is 162 g/mol. The van der Waals surface area contributed by atoms with Gasteiger partial charge in [-0.1, -0.05) is 30.4 Å². The third-order valence-electron chi connectivity index (χ3n) is 2.23. The number of hydrogen-bond acceptors (Lipinski definition) is 2. The quantitative estimate of drug-likeness (QED) is 0.431. The van der Waals surface area contributed by atoms with E-state index in [0.717, 1.165) is 5.57 Å². The number of ether oxygens (including phenoxy) is 1. The van der Waals surface area contributed by atoms with Gasteiger partial charge in [0.25, 0.3) is 0 Å². The van der Waals surface area contributed by atoms with Crippen LogP contribution in [-0.4, -0.2) is 13.1 Å². The number of carbonyl (C=O) groups is 1. The van der Waals surface area contributed by atoms with Gasteiger partial charge in [0.05, 0.1) is 7.11 Å². The van der Waals surface area contributed by atoms with Crippen molar-refractivity contribution in [2.24, 2.45) is 11.8 Å². The van der Waals surface area contributed by atoms with Crippen molar-refractivity contribution >= 4 is 5.97 Å². The SMILES string of the molecule is COC(=O)C1=CC2C=CC1C=C2. The van der Waals surface area contributed by atoms with Crippen molar-refractivity contribution in [3.63, 3.8) is 0 Å². The van der Waals surface area contributed by atoms with Gasteiger partial charge in [-0.3, -0.25) is 0 Å². The lowest BCUT2D eigenvalue weighted by Gasteiger charge is -2.23. The Bertz CT molecular complexity index is 283. The van der Waals surface area contributed by atoms with Crippen LogP contribution in [-0.2, 0) is 9.53 Å². The highest BCUT2D eigenvalue weighted by Gasteiger charge is 2.24. The topological polar surface area (TPSA) is 26.3 Å². The van der Waals surface area contributed by atoms with E-state index in [4.69, 9.17) is 0 Å². The zero-order valence-corrected chi connectivity index (χ0v) is 6.86. The van der Waals surface area contributed by atoms with E-state index < -0.39 is 0 Å². The van der Waals surface area contributed by atoms with Crippen LogP contribution in [0, 0.1) is 11.8 Å². The van der Waals surface area contributed by atoms with E-state index in [-0.39, 0.29) is 11.9 Å². The molecule has 0 saturated carbocycles. The molecule has 3 rings (SSSR count). The first-order valence-electron chi connectivity index (χ1n) is 3.98. The van der Waals surface area contributed by atoms with Crippen LogP contribution in [0.25, 0.3) is 0 Å². The minimum absolute atomic E-state index is 0.141. The van der Waals surface area contributed by atoms with E-state index >= 15 is 0 Å². The van der Waals surface area contributed by atoms with E-state index in [2.05, 4.69) is 16.9 Å². The highest BCUT2D eigenvalue weighted by Crippen LogP contribution is 2.30. The van der Waals surface area contributed by atoms with Crippen LogP contribution in [0.3, 0.4) is 0 Å². The molecule has 0 fully saturated rings. The summed E-state index contributed by atoms with van der Waals surface area (Å²) in [6, 6.07) is 0. The summed E-state index contributed by atoms with van der Waals surface area (Å²) in [6.45, 7) is 0. The molecule has 0 atom stereocenters. The maximum atomic E-state index is 11.2. The first kappa shape index (κ1) is 7.35. The Morgan fingerprint density at radius 3 is 2.42 bits per heavy atom. The molecule has 2 nitrogen and oxygen atoms in total. The molecule has 2 heteroatoms. The Morgan fingerprint density at radius 2 is 2.00 bits per heavy atom. The first-order chi connectivity index (χ1) is 5.81. The van der Waals surface area contributed by atoms with Gasteiger partial charge in [-0.2, -0.15) is 0 Å². The summed E-state index contributed by atoms with van der Waals surface area (Å²) in [6.07, 6.45) is 10.2. The number of allylic oxidation sites excluding steroid dienone is 5. The molecule has 0 aromatic carbocycles. The van der Waals surface area contributed by atoms with Crippen molar-refractivity contribution in [1.29, 1.82) is 0 Å². The monoisotopic (exact) mass is 162 g/mol. The van der Waals surface area contributed by atoms with Gasteiger partial charge in [-0.25, -0.2) is 4.79 Å². The van der Waals surface area contributed by atoms with Gasteiger partial charge in [0.2, 0.25) is 0 Å². The highest BCUT2D eigenvalue weighted by molar-refractivity contribution is 5.90. The third-order valence-corrected chi connectivity index (χ3v) is 2.23. The number of carbonyl (C=O) groups excluding carboxylic acids is 1. The predicted molar refractivity (Wildman–Crippen MR) is 45.4 cm³/mol. The Hall–Kier alpha value is -1.31. The van der Waals surface area contributed by atoms with E-state index in [0.29, 0.717) is 5.92 Å². The van der Waals surface area contributed by atoms with Crippen LogP contribution in [0.4, 0.5) is 0 Å². The minimum atomic E-state index is -0.210. The highest BCUT2D eigenvalue weighted by atomic mass is 16.5. The molecule has 0 aliphatic heterocycles. The molecule has 0 radical (unpaired) electrons. The van der Waals surface area contributed by atoms with Crippen molar-refractivity contribution in [3.05, 3.63) is 36.0 Å². The van der Waals surface area contributed by atoms with Crippen molar-refractivity contribution in [2.75, 3.05) is 7.11 Å². The molecule has 0 saturated heterocycles. The fraction of sp³-hybridized carbons (Fsp3) is 0.300. The van der Waals surface area contributed by atoms with Gasteiger partial charge in [0.1, 0.15) is 0 Å². The van der Waals surface area contributed by atoms with Crippen molar-refractivity contribution in [1.82, 2.24) is 0 Å². The fourth-order valence-corrected chi connectivity index (χ4v) is 1.58. The molecular weight excluding hydrogens is 152 g/mol. The standard InChI is InChI=1S/C10H10O2/c1-12-10(11)9-6-7-2-4-8(9)5-3-7/h2-8H,1H3. The Morgan fingerprint density at radius 1 is 1.33 bits per heavy atom. The van der Waals surface area contributed by atoms with Crippen LogP contribution in [0.2, 0.25) is 0 Å². The molecule has 0 heterocycles. The second-order valence-corrected chi connectivity index (χ2v) is 2.99. The molecule has 0 unspecified atom stereocenters. The molecule has 2 bridgehead atoms. The fourth-order valence-electron chi connectivity index (χ4n) is 1.58. The van der Waals surface area contributed by atoms with Gasteiger partial charge >= 0.3 is 5.97 Å². The predicted octanol–water partition coefficient (Wildman–Crippen LogP) is 1.46. The van der Waals surface area contributed by atoms with E-state index in [9.17, 15) is 4.79 Å². The second kappa shape index (κ2) is 2.63. The summed E-state index contributed by atoms with van der Waals surface area (Å²) < 4.78 is 4.67. The van der Waals surface area contributed by atoms with Crippen molar-refractivity contribution in [3.8, 4) is 0 Å². The molecule has 0 aromatic heterocycles.